The second-order valence-corrected chi connectivity index (χ2v) is 5.38. The van der Waals surface area contributed by atoms with Crippen molar-refractivity contribution in [1.29, 1.82) is 0 Å². The Morgan fingerprint density at radius 2 is 2.29 bits per heavy atom. The fourth-order valence-corrected chi connectivity index (χ4v) is 2.21. The molecule has 4 nitrogen and oxygen atoms in total. The van der Waals surface area contributed by atoms with Crippen molar-refractivity contribution in [2.24, 2.45) is 5.92 Å². The van der Waals surface area contributed by atoms with Crippen LogP contribution in [0, 0.1) is 5.92 Å². The van der Waals surface area contributed by atoms with E-state index >= 15 is 0 Å². The van der Waals surface area contributed by atoms with Gasteiger partial charge in [-0.15, -0.1) is 0 Å². The summed E-state index contributed by atoms with van der Waals surface area (Å²) < 4.78 is 0. The monoisotopic (exact) mass is 241 g/mol. The molecule has 0 aliphatic carbocycles. The number of hydrogen-bond donors (Lipinski definition) is 1. The van der Waals surface area contributed by atoms with Crippen LogP contribution in [0.4, 0.5) is 0 Å². The SMILES string of the molecule is CCC(C)NCC(=O)N(C)CC1CCN(C)C1. The first-order chi connectivity index (χ1) is 8.02. The Morgan fingerprint density at radius 3 is 2.82 bits per heavy atom. The van der Waals surface area contributed by atoms with Gasteiger partial charge in [0.2, 0.25) is 5.91 Å². The van der Waals surface area contributed by atoms with Crippen LogP contribution in [0.2, 0.25) is 0 Å². The van der Waals surface area contributed by atoms with E-state index < -0.39 is 0 Å². The van der Waals surface area contributed by atoms with E-state index in [0.717, 1.165) is 26.1 Å². The van der Waals surface area contributed by atoms with Crippen molar-refractivity contribution in [2.75, 3.05) is 40.3 Å². The number of rotatable bonds is 6. The molecule has 2 atom stereocenters. The first-order valence-corrected chi connectivity index (χ1v) is 6.68. The number of likely N-dealkylation sites (tertiary alicyclic amines) is 1. The van der Waals surface area contributed by atoms with Crippen molar-refractivity contribution >= 4 is 5.91 Å². The lowest BCUT2D eigenvalue weighted by atomic mass is 10.1. The highest BCUT2D eigenvalue weighted by Crippen LogP contribution is 2.14. The minimum atomic E-state index is 0.208. The molecule has 1 heterocycles. The molecule has 100 valence electrons. The van der Waals surface area contributed by atoms with Crippen molar-refractivity contribution in [3.63, 3.8) is 0 Å². The zero-order valence-electron chi connectivity index (χ0n) is 11.7. The van der Waals surface area contributed by atoms with E-state index in [1.165, 1.54) is 6.42 Å². The molecule has 1 amide bonds. The Labute approximate surface area is 105 Å². The summed E-state index contributed by atoms with van der Waals surface area (Å²) >= 11 is 0. The van der Waals surface area contributed by atoms with Gasteiger partial charge >= 0.3 is 0 Å². The average molecular weight is 241 g/mol. The zero-order valence-corrected chi connectivity index (χ0v) is 11.7. The molecule has 17 heavy (non-hydrogen) atoms. The highest BCUT2D eigenvalue weighted by molar-refractivity contribution is 5.78. The third-order valence-corrected chi connectivity index (χ3v) is 3.66. The molecule has 1 aliphatic heterocycles. The number of carbonyl (C=O) groups excluding carboxylic acids is 1. The Kier molecular flexibility index (Phi) is 5.92. The van der Waals surface area contributed by atoms with Crippen LogP contribution >= 0.6 is 0 Å². The van der Waals surface area contributed by atoms with E-state index in [1.54, 1.807) is 0 Å². The number of hydrogen-bond acceptors (Lipinski definition) is 3. The topological polar surface area (TPSA) is 35.6 Å². The molecule has 0 aromatic heterocycles. The van der Waals surface area contributed by atoms with E-state index in [-0.39, 0.29) is 5.91 Å². The fraction of sp³-hybridized carbons (Fsp3) is 0.923. The normalized spacial score (nSPS) is 22.7. The number of nitrogens with zero attached hydrogens (tertiary/aromatic N) is 2. The minimum Gasteiger partial charge on any atom is -0.344 e. The zero-order chi connectivity index (χ0) is 12.8. The summed E-state index contributed by atoms with van der Waals surface area (Å²) in [4.78, 5) is 16.1. The van der Waals surface area contributed by atoms with E-state index in [9.17, 15) is 4.79 Å². The average Bonchev–Trinajstić information content (AvgIpc) is 2.70. The van der Waals surface area contributed by atoms with Crippen molar-refractivity contribution in [2.45, 2.75) is 32.7 Å². The maximum atomic E-state index is 11.9. The van der Waals surface area contributed by atoms with Gasteiger partial charge in [0.1, 0.15) is 0 Å². The largest absolute Gasteiger partial charge is 0.344 e. The van der Waals surface area contributed by atoms with E-state index in [2.05, 4.69) is 31.1 Å². The van der Waals surface area contributed by atoms with Crippen LogP contribution in [0.1, 0.15) is 26.7 Å². The maximum Gasteiger partial charge on any atom is 0.236 e. The van der Waals surface area contributed by atoms with Gasteiger partial charge in [0, 0.05) is 26.2 Å². The van der Waals surface area contributed by atoms with E-state index in [4.69, 9.17) is 0 Å². The summed E-state index contributed by atoms with van der Waals surface area (Å²) in [5, 5.41) is 3.25. The lowest BCUT2D eigenvalue weighted by Crippen LogP contribution is -2.41. The molecule has 1 fully saturated rings. The molecule has 1 saturated heterocycles. The highest BCUT2D eigenvalue weighted by Gasteiger charge is 2.22. The van der Waals surface area contributed by atoms with Crippen molar-refractivity contribution in [3.05, 3.63) is 0 Å². The van der Waals surface area contributed by atoms with E-state index in [1.807, 2.05) is 11.9 Å². The van der Waals surface area contributed by atoms with Crippen molar-refractivity contribution < 1.29 is 4.79 Å². The predicted octanol–water partition coefficient (Wildman–Crippen LogP) is 0.785. The molecule has 0 bridgehead atoms. The lowest BCUT2D eigenvalue weighted by Gasteiger charge is -2.22. The number of nitrogens with one attached hydrogen (secondary N) is 1. The molecular formula is C13H27N3O. The van der Waals surface area contributed by atoms with Crippen LogP contribution in [0.5, 0.6) is 0 Å². The summed E-state index contributed by atoms with van der Waals surface area (Å²) in [6, 6.07) is 0.421. The summed E-state index contributed by atoms with van der Waals surface area (Å²) in [7, 11) is 4.06. The second kappa shape index (κ2) is 6.97. The summed E-state index contributed by atoms with van der Waals surface area (Å²) in [5.74, 6) is 0.859. The molecule has 4 heteroatoms. The first-order valence-electron chi connectivity index (χ1n) is 6.68. The standard InChI is InChI=1S/C13H27N3O/c1-5-11(2)14-8-13(17)16(4)10-12-6-7-15(3)9-12/h11-12,14H,5-10H2,1-4H3. The highest BCUT2D eigenvalue weighted by atomic mass is 16.2. The molecule has 1 aliphatic rings. The van der Waals surface area contributed by atoms with Gasteiger partial charge in [0.05, 0.1) is 6.54 Å². The third kappa shape index (κ3) is 5.04. The molecule has 2 unspecified atom stereocenters. The Balaban J connectivity index is 2.22. The number of amides is 1. The van der Waals surface area contributed by atoms with Gasteiger partial charge in [0.15, 0.2) is 0 Å². The van der Waals surface area contributed by atoms with Gasteiger partial charge in [-0.1, -0.05) is 6.92 Å². The molecule has 0 spiro atoms. The molecule has 0 aromatic carbocycles. The molecule has 1 N–H and O–H groups in total. The smallest absolute Gasteiger partial charge is 0.236 e. The summed E-state index contributed by atoms with van der Waals surface area (Å²) in [6.45, 7) is 7.88. The molecule has 0 saturated carbocycles. The Hall–Kier alpha value is -0.610. The van der Waals surface area contributed by atoms with Crippen LogP contribution in [0.3, 0.4) is 0 Å². The molecular weight excluding hydrogens is 214 g/mol. The summed E-state index contributed by atoms with van der Waals surface area (Å²) in [6.07, 6.45) is 2.28. The van der Waals surface area contributed by atoms with Gasteiger partial charge in [-0.05, 0) is 39.3 Å². The molecule has 1 rings (SSSR count). The van der Waals surface area contributed by atoms with E-state index in [0.29, 0.717) is 18.5 Å². The first kappa shape index (κ1) is 14.5. The minimum absolute atomic E-state index is 0.208. The van der Waals surface area contributed by atoms with Crippen LogP contribution in [-0.4, -0.2) is 62.0 Å². The van der Waals surface area contributed by atoms with Gasteiger partial charge in [-0.3, -0.25) is 4.79 Å². The van der Waals surface area contributed by atoms with Crippen LogP contribution in [0.15, 0.2) is 0 Å². The van der Waals surface area contributed by atoms with Crippen LogP contribution in [0.25, 0.3) is 0 Å². The van der Waals surface area contributed by atoms with Crippen LogP contribution < -0.4 is 5.32 Å². The van der Waals surface area contributed by atoms with Crippen LogP contribution in [-0.2, 0) is 4.79 Å². The second-order valence-electron chi connectivity index (χ2n) is 5.38. The van der Waals surface area contributed by atoms with Gasteiger partial charge in [0.25, 0.3) is 0 Å². The third-order valence-electron chi connectivity index (χ3n) is 3.66. The lowest BCUT2D eigenvalue weighted by molar-refractivity contribution is -0.129. The van der Waals surface area contributed by atoms with Gasteiger partial charge < -0.3 is 15.1 Å². The van der Waals surface area contributed by atoms with Crippen molar-refractivity contribution in [3.8, 4) is 0 Å². The van der Waals surface area contributed by atoms with Crippen molar-refractivity contribution in [1.82, 2.24) is 15.1 Å². The fourth-order valence-electron chi connectivity index (χ4n) is 2.21. The van der Waals surface area contributed by atoms with Gasteiger partial charge in [-0.25, -0.2) is 0 Å². The van der Waals surface area contributed by atoms with Gasteiger partial charge in [-0.2, -0.15) is 0 Å². The Bertz CT molecular complexity index is 245. The summed E-state index contributed by atoms with van der Waals surface area (Å²) in [5.41, 5.74) is 0. The number of carbonyl (C=O) groups is 1. The number of likely N-dealkylation sites (N-methyl/N-ethyl adjacent to an activating group) is 1. The molecule has 0 aromatic rings. The Morgan fingerprint density at radius 1 is 1.59 bits per heavy atom. The molecule has 0 radical (unpaired) electrons. The predicted molar refractivity (Wildman–Crippen MR) is 71.0 cm³/mol. The maximum absolute atomic E-state index is 11.9. The quantitative estimate of drug-likeness (QED) is 0.746.